The molecule has 1 aromatic rings. The lowest BCUT2D eigenvalue weighted by Crippen LogP contribution is -2.46. The molecule has 22 heavy (non-hydrogen) atoms. The van der Waals surface area contributed by atoms with Crippen LogP contribution in [-0.2, 0) is 14.8 Å². The number of amides is 1. The van der Waals surface area contributed by atoms with Gasteiger partial charge in [0.15, 0.2) is 0 Å². The molecule has 0 bridgehead atoms. The van der Waals surface area contributed by atoms with E-state index in [9.17, 15) is 13.2 Å². The Morgan fingerprint density at radius 3 is 2.09 bits per heavy atom. The molecular weight excluding hydrogens is 302 g/mol. The predicted octanol–water partition coefficient (Wildman–Crippen LogP) is 1.28. The first-order valence-electron chi connectivity index (χ1n) is 7.34. The van der Waals surface area contributed by atoms with E-state index in [-0.39, 0.29) is 16.8 Å². The second-order valence-electron chi connectivity index (χ2n) is 5.50. The van der Waals surface area contributed by atoms with Crippen molar-refractivity contribution in [2.45, 2.75) is 44.6 Å². The molecular formula is C15H25N3O3S. The van der Waals surface area contributed by atoms with Gasteiger partial charge in [-0.2, -0.15) is 0 Å². The molecule has 1 unspecified atom stereocenters. The van der Waals surface area contributed by atoms with E-state index in [1.54, 1.807) is 12.1 Å². The monoisotopic (exact) mass is 327 g/mol. The van der Waals surface area contributed by atoms with Gasteiger partial charge in [-0.15, -0.1) is 0 Å². The van der Waals surface area contributed by atoms with Crippen LogP contribution in [0.2, 0.25) is 0 Å². The molecule has 1 amide bonds. The van der Waals surface area contributed by atoms with Crippen molar-refractivity contribution in [2.24, 2.45) is 16.3 Å². The highest BCUT2D eigenvalue weighted by Gasteiger charge is 2.34. The van der Waals surface area contributed by atoms with Crippen molar-refractivity contribution in [3.05, 3.63) is 29.8 Å². The molecule has 124 valence electrons. The van der Waals surface area contributed by atoms with Crippen molar-refractivity contribution in [2.75, 3.05) is 6.54 Å². The number of nitrogens with two attached hydrogens (primary N) is 2. The summed E-state index contributed by atoms with van der Waals surface area (Å²) in [6, 6.07) is 5.91. The molecule has 0 aliphatic rings. The van der Waals surface area contributed by atoms with Gasteiger partial charge in [0.2, 0.25) is 15.9 Å². The molecule has 1 rings (SSSR count). The molecule has 0 spiro atoms. The lowest BCUT2D eigenvalue weighted by molar-refractivity contribution is -0.131. The molecule has 0 fully saturated rings. The lowest BCUT2D eigenvalue weighted by Gasteiger charge is -2.30. The minimum Gasteiger partial charge on any atom is -0.349 e. The second-order valence-corrected chi connectivity index (χ2v) is 7.06. The summed E-state index contributed by atoms with van der Waals surface area (Å²) in [5, 5.41) is 8.01. The normalized spacial score (nSPS) is 13.7. The van der Waals surface area contributed by atoms with Crippen molar-refractivity contribution < 1.29 is 13.2 Å². The molecule has 0 aliphatic carbocycles. The van der Waals surface area contributed by atoms with Gasteiger partial charge in [-0.05, 0) is 37.5 Å². The smallest absolute Gasteiger partial charge is 0.238 e. The van der Waals surface area contributed by atoms with Crippen molar-refractivity contribution in [1.82, 2.24) is 5.32 Å². The molecule has 7 heteroatoms. The predicted molar refractivity (Wildman–Crippen MR) is 86.4 cm³/mol. The molecule has 1 atom stereocenters. The minimum absolute atomic E-state index is 0.0493. The summed E-state index contributed by atoms with van der Waals surface area (Å²) in [7, 11) is -3.71. The molecule has 0 aromatic heterocycles. The highest BCUT2D eigenvalue weighted by atomic mass is 32.2. The Labute approximate surface area is 132 Å². The first kappa shape index (κ1) is 18.6. The maximum absolute atomic E-state index is 12.5. The van der Waals surface area contributed by atoms with E-state index in [0.717, 1.165) is 5.56 Å². The fraction of sp³-hybridized carbons (Fsp3) is 0.533. The van der Waals surface area contributed by atoms with Crippen LogP contribution in [-0.4, -0.2) is 20.9 Å². The van der Waals surface area contributed by atoms with Crippen molar-refractivity contribution in [3.8, 4) is 0 Å². The number of nitrogens with one attached hydrogen (secondary N) is 1. The van der Waals surface area contributed by atoms with Crippen molar-refractivity contribution >= 4 is 15.9 Å². The molecule has 0 saturated carbocycles. The van der Waals surface area contributed by atoms with Gasteiger partial charge in [-0.25, -0.2) is 13.6 Å². The highest BCUT2D eigenvalue weighted by molar-refractivity contribution is 7.89. The average Bonchev–Trinajstić information content (AvgIpc) is 2.49. The number of hydrogen-bond acceptors (Lipinski definition) is 4. The number of sulfonamides is 1. The Hall–Kier alpha value is -1.44. The zero-order valence-corrected chi connectivity index (χ0v) is 14.1. The molecule has 0 aliphatic heterocycles. The van der Waals surface area contributed by atoms with Crippen LogP contribution < -0.4 is 16.2 Å². The highest BCUT2D eigenvalue weighted by Crippen LogP contribution is 2.26. The number of carbonyl (C=O) groups excluding carboxylic acids is 1. The number of hydrogen-bond donors (Lipinski definition) is 3. The molecule has 5 N–H and O–H groups in total. The molecule has 0 heterocycles. The Morgan fingerprint density at radius 1 is 1.23 bits per heavy atom. The third-order valence-electron chi connectivity index (χ3n) is 4.28. The van der Waals surface area contributed by atoms with Gasteiger partial charge in [-0.1, -0.05) is 26.0 Å². The average molecular weight is 327 g/mol. The maximum atomic E-state index is 12.5. The van der Waals surface area contributed by atoms with Crippen LogP contribution in [0.15, 0.2) is 29.2 Å². The summed E-state index contributed by atoms with van der Waals surface area (Å²) >= 11 is 0. The van der Waals surface area contributed by atoms with E-state index < -0.39 is 15.4 Å². The van der Waals surface area contributed by atoms with Gasteiger partial charge in [0.25, 0.3) is 0 Å². The van der Waals surface area contributed by atoms with Crippen LogP contribution in [0.1, 0.15) is 45.2 Å². The lowest BCUT2D eigenvalue weighted by atomic mass is 9.81. The minimum atomic E-state index is -3.71. The van der Waals surface area contributed by atoms with Crippen LogP contribution in [0.5, 0.6) is 0 Å². The third-order valence-corrected chi connectivity index (χ3v) is 5.21. The summed E-state index contributed by atoms with van der Waals surface area (Å²) in [5.41, 5.74) is 6.01. The summed E-state index contributed by atoms with van der Waals surface area (Å²) in [5.74, 6) is -0.0805. The van der Waals surface area contributed by atoms with E-state index in [0.29, 0.717) is 19.4 Å². The Kier molecular flexibility index (Phi) is 6.10. The Morgan fingerprint density at radius 2 is 1.73 bits per heavy atom. The van der Waals surface area contributed by atoms with Gasteiger partial charge in [0.1, 0.15) is 0 Å². The van der Waals surface area contributed by atoms with E-state index >= 15 is 0 Å². The van der Waals surface area contributed by atoms with Gasteiger partial charge in [-0.3, -0.25) is 4.79 Å². The van der Waals surface area contributed by atoms with E-state index in [4.69, 9.17) is 10.9 Å². The van der Waals surface area contributed by atoms with Gasteiger partial charge < -0.3 is 11.1 Å². The second kappa shape index (κ2) is 7.21. The quantitative estimate of drug-likeness (QED) is 0.699. The molecule has 0 radical (unpaired) electrons. The van der Waals surface area contributed by atoms with E-state index in [1.807, 2.05) is 20.8 Å². The summed E-state index contributed by atoms with van der Waals surface area (Å²) in [4.78, 5) is 12.5. The fourth-order valence-corrected chi connectivity index (χ4v) is 2.85. The number of rotatable bonds is 7. The van der Waals surface area contributed by atoms with Gasteiger partial charge in [0.05, 0.1) is 16.4 Å². The van der Waals surface area contributed by atoms with E-state index in [2.05, 4.69) is 5.32 Å². The topological polar surface area (TPSA) is 115 Å². The van der Waals surface area contributed by atoms with Crippen LogP contribution in [0, 0.1) is 5.41 Å². The van der Waals surface area contributed by atoms with Crippen molar-refractivity contribution in [3.63, 3.8) is 0 Å². The van der Waals surface area contributed by atoms with Crippen LogP contribution in [0.4, 0.5) is 0 Å². The van der Waals surface area contributed by atoms with Crippen LogP contribution in [0.25, 0.3) is 0 Å². The van der Waals surface area contributed by atoms with Crippen LogP contribution in [0.3, 0.4) is 0 Å². The summed E-state index contributed by atoms with van der Waals surface area (Å²) in [6.45, 7) is 6.03. The molecule has 6 nitrogen and oxygen atoms in total. The Bertz CT molecular complexity index is 599. The fourth-order valence-electron chi connectivity index (χ4n) is 2.33. The Balaban J connectivity index is 2.89. The zero-order chi connectivity index (χ0) is 17.0. The van der Waals surface area contributed by atoms with Crippen LogP contribution >= 0.6 is 0 Å². The first-order chi connectivity index (χ1) is 10.2. The molecule has 1 aromatic carbocycles. The maximum Gasteiger partial charge on any atom is 0.238 e. The van der Waals surface area contributed by atoms with Gasteiger partial charge >= 0.3 is 0 Å². The largest absolute Gasteiger partial charge is 0.349 e. The SMILES string of the molecule is CCC(CC)(CN)C(=O)NC(C)c1ccc(S(N)(=O)=O)cc1. The number of primary sulfonamides is 1. The number of carbonyl (C=O) groups is 1. The van der Waals surface area contributed by atoms with Crippen molar-refractivity contribution in [1.29, 1.82) is 0 Å². The van der Waals surface area contributed by atoms with Gasteiger partial charge in [0, 0.05) is 6.54 Å². The summed E-state index contributed by atoms with van der Waals surface area (Å²) < 4.78 is 22.5. The summed E-state index contributed by atoms with van der Waals surface area (Å²) in [6.07, 6.45) is 1.34. The van der Waals surface area contributed by atoms with E-state index in [1.165, 1.54) is 12.1 Å². The molecule has 0 saturated heterocycles. The third kappa shape index (κ3) is 4.06. The number of benzene rings is 1. The standard InChI is InChI=1S/C15H25N3O3S/c1-4-15(5-2,10-16)14(19)18-11(3)12-6-8-13(9-7-12)22(17,20)21/h6-9,11H,4-5,10,16H2,1-3H3,(H,18,19)(H2,17,20,21). The zero-order valence-electron chi connectivity index (χ0n) is 13.3. The first-order valence-corrected chi connectivity index (χ1v) is 8.88.